The van der Waals surface area contributed by atoms with Gasteiger partial charge in [0.25, 0.3) is 5.91 Å². The molecule has 2 rings (SSSR count). The largest absolute Gasteiger partial charge is 0.335 e. The molecule has 1 amide bonds. The molecule has 1 aliphatic rings. The first-order valence-corrected chi connectivity index (χ1v) is 7.72. The molecule has 2 heteroatoms. The fourth-order valence-electron chi connectivity index (χ4n) is 3.02. The van der Waals surface area contributed by atoms with Gasteiger partial charge in [-0.25, -0.2) is 0 Å². The Morgan fingerprint density at radius 1 is 1.20 bits per heavy atom. The van der Waals surface area contributed by atoms with Crippen LogP contribution in [-0.2, 0) is 5.41 Å². The van der Waals surface area contributed by atoms with Crippen molar-refractivity contribution in [3.05, 3.63) is 35.4 Å². The highest BCUT2D eigenvalue weighted by Gasteiger charge is 2.31. The highest BCUT2D eigenvalue weighted by Crippen LogP contribution is 2.27. The van der Waals surface area contributed by atoms with Crippen LogP contribution in [0.1, 0.15) is 63.4 Å². The molecule has 0 bridgehead atoms. The number of carbonyl (C=O) groups excluding carboxylic acids is 1. The number of nitrogens with zero attached hydrogens (tertiary/aromatic N) is 1. The molecule has 2 nitrogen and oxygen atoms in total. The third-order valence-corrected chi connectivity index (χ3v) is 4.33. The Hall–Kier alpha value is -1.31. The summed E-state index contributed by atoms with van der Waals surface area (Å²) in [6, 6.07) is 8.56. The van der Waals surface area contributed by atoms with Crippen LogP contribution in [0.3, 0.4) is 0 Å². The minimum atomic E-state index is 0.135. The molecule has 0 radical (unpaired) electrons. The SMILES string of the molecule is CC(C)C1CCCN1C(=O)c1ccc(C(C)(C)C)cc1. The Labute approximate surface area is 123 Å². The fourth-order valence-corrected chi connectivity index (χ4v) is 3.02. The lowest BCUT2D eigenvalue weighted by Crippen LogP contribution is -2.38. The summed E-state index contributed by atoms with van der Waals surface area (Å²) in [5, 5.41) is 0. The molecule has 1 atom stereocenters. The molecular formula is C18H27NO. The van der Waals surface area contributed by atoms with Crippen LogP contribution in [0.5, 0.6) is 0 Å². The molecule has 0 spiro atoms. The van der Waals surface area contributed by atoms with E-state index in [0.717, 1.165) is 24.9 Å². The Kier molecular flexibility index (Phi) is 4.22. The number of carbonyl (C=O) groups is 1. The van der Waals surface area contributed by atoms with Gasteiger partial charge in [0.05, 0.1) is 0 Å². The van der Waals surface area contributed by atoms with E-state index in [-0.39, 0.29) is 11.3 Å². The minimum Gasteiger partial charge on any atom is -0.335 e. The summed E-state index contributed by atoms with van der Waals surface area (Å²) in [4.78, 5) is 14.7. The summed E-state index contributed by atoms with van der Waals surface area (Å²) >= 11 is 0. The molecule has 1 unspecified atom stereocenters. The number of benzene rings is 1. The normalized spacial score (nSPS) is 19.7. The van der Waals surface area contributed by atoms with Crippen molar-refractivity contribution in [1.29, 1.82) is 0 Å². The van der Waals surface area contributed by atoms with Gasteiger partial charge in [0.2, 0.25) is 0 Å². The molecule has 0 aliphatic carbocycles. The van der Waals surface area contributed by atoms with E-state index in [4.69, 9.17) is 0 Å². The molecular weight excluding hydrogens is 246 g/mol. The maximum absolute atomic E-state index is 12.6. The summed E-state index contributed by atoms with van der Waals surface area (Å²) in [6.45, 7) is 11.9. The average Bonchev–Trinajstić information content (AvgIpc) is 2.86. The van der Waals surface area contributed by atoms with Crippen LogP contribution in [-0.4, -0.2) is 23.4 Å². The van der Waals surface area contributed by atoms with Gasteiger partial charge < -0.3 is 4.90 Å². The maximum Gasteiger partial charge on any atom is 0.254 e. The second kappa shape index (κ2) is 5.59. The van der Waals surface area contributed by atoms with E-state index in [1.165, 1.54) is 5.56 Å². The zero-order valence-corrected chi connectivity index (χ0v) is 13.4. The number of rotatable bonds is 2. The average molecular weight is 273 g/mol. The lowest BCUT2D eigenvalue weighted by Gasteiger charge is -2.28. The summed E-state index contributed by atoms with van der Waals surface area (Å²) in [5.74, 6) is 0.733. The van der Waals surface area contributed by atoms with Crippen LogP contribution in [0.25, 0.3) is 0 Å². The van der Waals surface area contributed by atoms with E-state index in [0.29, 0.717) is 12.0 Å². The smallest absolute Gasteiger partial charge is 0.254 e. The Bertz CT molecular complexity index is 467. The third kappa shape index (κ3) is 3.05. The molecule has 20 heavy (non-hydrogen) atoms. The van der Waals surface area contributed by atoms with E-state index in [1.807, 2.05) is 12.1 Å². The molecule has 1 aliphatic heterocycles. The molecule has 1 aromatic rings. The molecule has 1 aromatic carbocycles. The van der Waals surface area contributed by atoms with Crippen molar-refractivity contribution in [1.82, 2.24) is 4.90 Å². The minimum absolute atomic E-state index is 0.135. The quantitative estimate of drug-likeness (QED) is 0.789. The van der Waals surface area contributed by atoms with Crippen molar-refractivity contribution in [3.63, 3.8) is 0 Å². The van der Waals surface area contributed by atoms with Crippen LogP contribution in [0.2, 0.25) is 0 Å². The van der Waals surface area contributed by atoms with Gasteiger partial charge in [-0.2, -0.15) is 0 Å². The first kappa shape index (κ1) is 15.1. The number of hydrogen-bond acceptors (Lipinski definition) is 1. The molecule has 0 saturated carbocycles. The lowest BCUT2D eigenvalue weighted by molar-refractivity contribution is 0.0701. The van der Waals surface area contributed by atoms with Crippen LogP contribution in [0, 0.1) is 5.92 Å². The molecule has 1 heterocycles. The van der Waals surface area contributed by atoms with Crippen molar-refractivity contribution >= 4 is 5.91 Å². The standard InChI is InChI=1S/C18H27NO/c1-13(2)16-7-6-12-19(16)17(20)14-8-10-15(11-9-14)18(3,4)5/h8-11,13,16H,6-7,12H2,1-5H3. The maximum atomic E-state index is 12.6. The van der Waals surface area contributed by atoms with Gasteiger partial charge >= 0.3 is 0 Å². The molecule has 1 fully saturated rings. The van der Waals surface area contributed by atoms with Crippen LogP contribution < -0.4 is 0 Å². The van der Waals surface area contributed by atoms with Crippen molar-refractivity contribution in [3.8, 4) is 0 Å². The summed E-state index contributed by atoms with van der Waals surface area (Å²) in [5.41, 5.74) is 2.23. The predicted octanol–water partition coefficient (Wildman–Crippen LogP) is 4.24. The van der Waals surface area contributed by atoms with Crippen molar-refractivity contribution in [2.45, 2.75) is 58.9 Å². The number of amides is 1. The lowest BCUT2D eigenvalue weighted by atomic mass is 9.86. The Morgan fingerprint density at radius 3 is 2.30 bits per heavy atom. The van der Waals surface area contributed by atoms with Crippen molar-refractivity contribution in [2.24, 2.45) is 5.92 Å². The fraction of sp³-hybridized carbons (Fsp3) is 0.611. The second-order valence-corrected chi connectivity index (χ2v) is 7.28. The van der Waals surface area contributed by atoms with E-state index >= 15 is 0 Å². The first-order chi connectivity index (χ1) is 9.30. The van der Waals surface area contributed by atoms with Gasteiger partial charge in [-0.05, 0) is 41.9 Å². The molecule has 1 saturated heterocycles. The zero-order chi connectivity index (χ0) is 14.9. The molecule has 110 valence electrons. The molecule has 0 N–H and O–H groups in total. The third-order valence-electron chi connectivity index (χ3n) is 4.33. The zero-order valence-electron chi connectivity index (χ0n) is 13.4. The van der Waals surface area contributed by atoms with Crippen LogP contribution in [0.4, 0.5) is 0 Å². The summed E-state index contributed by atoms with van der Waals surface area (Å²) in [6.07, 6.45) is 2.28. The highest BCUT2D eigenvalue weighted by molar-refractivity contribution is 5.94. The van der Waals surface area contributed by atoms with Crippen molar-refractivity contribution < 1.29 is 4.79 Å². The van der Waals surface area contributed by atoms with Gasteiger partial charge in [-0.3, -0.25) is 4.79 Å². The van der Waals surface area contributed by atoms with Gasteiger partial charge in [0.1, 0.15) is 0 Å². The number of hydrogen-bond donors (Lipinski definition) is 0. The first-order valence-electron chi connectivity index (χ1n) is 7.72. The van der Waals surface area contributed by atoms with Crippen molar-refractivity contribution in [2.75, 3.05) is 6.54 Å². The van der Waals surface area contributed by atoms with Crippen LogP contribution in [0.15, 0.2) is 24.3 Å². The van der Waals surface area contributed by atoms with Gasteiger partial charge in [0.15, 0.2) is 0 Å². The van der Waals surface area contributed by atoms with E-state index in [2.05, 4.69) is 51.7 Å². The summed E-state index contributed by atoms with van der Waals surface area (Å²) < 4.78 is 0. The van der Waals surface area contributed by atoms with Gasteiger partial charge in [0, 0.05) is 18.2 Å². The van der Waals surface area contributed by atoms with Gasteiger partial charge in [-0.1, -0.05) is 46.8 Å². The number of likely N-dealkylation sites (tertiary alicyclic amines) is 1. The molecule has 0 aromatic heterocycles. The van der Waals surface area contributed by atoms with E-state index in [9.17, 15) is 4.79 Å². The van der Waals surface area contributed by atoms with Crippen LogP contribution >= 0.6 is 0 Å². The van der Waals surface area contributed by atoms with E-state index in [1.54, 1.807) is 0 Å². The Balaban J connectivity index is 2.17. The summed E-state index contributed by atoms with van der Waals surface area (Å²) in [7, 11) is 0. The topological polar surface area (TPSA) is 20.3 Å². The predicted molar refractivity (Wildman–Crippen MR) is 84.0 cm³/mol. The highest BCUT2D eigenvalue weighted by atomic mass is 16.2. The Morgan fingerprint density at radius 2 is 1.80 bits per heavy atom. The van der Waals surface area contributed by atoms with E-state index < -0.39 is 0 Å². The monoisotopic (exact) mass is 273 g/mol. The second-order valence-electron chi connectivity index (χ2n) is 7.28. The van der Waals surface area contributed by atoms with Gasteiger partial charge in [-0.15, -0.1) is 0 Å².